The Morgan fingerprint density at radius 2 is 1.83 bits per heavy atom. The van der Waals surface area contributed by atoms with Crippen molar-refractivity contribution in [1.29, 1.82) is 0 Å². The highest BCUT2D eigenvalue weighted by atomic mass is 16.4. The van der Waals surface area contributed by atoms with Gasteiger partial charge in [0.15, 0.2) is 0 Å². The lowest BCUT2D eigenvalue weighted by molar-refractivity contribution is -0.141. The molecule has 7 heteroatoms. The highest BCUT2D eigenvalue weighted by Crippen LogP contribution is 2.19. The van der Waals surface area contributed by atoms with Crippen molar-refractivity contribution in [3.05, 3.63) is 18.5 Å². The minimum absolute atomic E-state index is 0.119. The normalized spacial score (nSPS) is 12.6. The van der Waals surface area contributed by atoms with Crippen molar-refractivity contribution in [2.24, 2.45) is 5.41 Å². The molecule has 0 spiro atoms. The highest BCUT2D eigenvalue weighted by Gasteiger charge is 2.32. The predicted octanol–water partition coefficient (Wildman–Crippen LogP) is 1.10. The smallest absolute Gasteiger partial charge is 0.326 e. The topological polar surface area (TPSA) is 104 Å². The van der Waals surface area contributed by atoms with Crippen LogP contribution >= 0.6 is 0 Å². The van der Waals surface area contributed by atoms with Crippen molar-refractivity contribution in [2.45, 2.75) is 26.8 Å². The summed E-state index contributed by atoms with van der Waals surface area (Å²) in [6.45, 7) is 5.18. The summed E-state index contributed by atoms with van der Waals surface area (Å²) in [6, 6.07) is -0.0390. The Morgan fingerprint density at radius 1 is 1.28 bits per heavy atom. The maximum Gasteiger partial charge on any atom is 0.326 e. The number of carbonyl (C=O) groups is 2. The fraction of sp³-hybridized carbons (Fsp3) is 0.455. The molecule has 0 saturated heterocycles. The van der Waals surface area contributed by atoms with Gasteiger partial charge in [-0.25, -0.2) is 19.6 Å². The molecule has 0 aliphatic rings. The average Bonchev–Trinajstić information content (AvgIpc) is 2.25. The van der Waals surface area contributed by atoms with Crippen molar-refractivity contribution in [2.75, 3.05) is 5.32 Å². The lowest BCUT2D eigenvalue weighted by Crippen LogP contribution is -2.50. The molecule has 1 aromatic heterocycles. The van der Waals surface area contributed by atoms with Gasteiger partial charge in [-0.15, -0.1) is 0 Å². The van der Waals surface area contributed by atoms with Crippen LogP contribution in [0.3, 0.4) is 0 Å². The monoisotopic (exact) mass is 252 g/mol. The molecule has 1 atom stereocenters. The van der Waals surface area contributed by atoms with Crippen LogP contribution in [-0.4, -0.2) is 33.1 Å². The minimum Gasteiger partial charge on any atom is -0.480 e. The molecule has 0 radical (unpaired) electrons. The molecule has 1 unspecified atom stereocenters. The second-order valence-corrected chi connectivity index (χ2v) is 4.81. The second kappa shape index (κ2) is 5.44. The average molecular weight is 252 g/mol. The highest BCUT2D eigenvalue weighted by molar-refractivity contribution is 5.91. The minimum atomic E-state index is -1.09. The van der Waals surface area contributed by atoms with Crippen molar-refractivity contribution < 1.29 is 14.7 Å². The molecule has 0 aliphatic heterocycles. The fourth-order valence-electron chi connectivity index (χ4n) is 1.28. The third-order valence-corrected chi connectivity index (χ3v) is 2.18. The van der Waals surface area contributed by atoms with E-state index in [1.807, 2.05) is 0 Å². The summed E-state index contributed by atoms with van der Waals surface area (Å²) in [4.78, 5) is 30.3. The Hall–Kier alpha value is -2.18. The molecule has 0 bridgehead atoms. The van der Waals surface area contributed by atoms with E-state index in [0.717, 1.165) is 0 Å². The summed E-state index contributed by atoms with van der Waals surface area (Å²) >= 11 is 0. The van der Waals surface area contributed by atoms with Gasteiger partial charge in [0.2, 0.25) is 5.95 Å². The number of carboxylic acid groups (broad SMARTS) is 1. The zero-order valence-electron chi connectivity index (χ0n) is 10.5. The van der Waals surface area contributed by atoms with Crippen LogP contribution in [0.5, 0.6) is 0 Å². The molecular formula is C11H16N4O3. The summed E-state index contributed by atoms with van der Waals surface area (Å²) in [7, 11) is 0. The lowest BCUT2D eigenvalue weighted by Gasteiger charge is -2.27. The van der Waals surface area contributed by atoms with Gasteiger partial charge in [0.05, 0.1) is 0 Å². The Morgan fingerprint density at radius 3 is 2.28 bits per heavy atom. The van der Waals surface area contributed by atoms with Crippen molar-refractivity contribution in [3.63, 3.8) is 0 Å². The first-order valence-corrected chi connectivity index (χ1v) is 5.38. The van der Waals surface area contributed by atoms with Crippen molar-refractivity contribution in [1.82, 2.24) is 15.3 Å². The number of hydrogen-bond donors (Lipinski definition) is 3. The van der Waals surface area contributed by atoms with Gasteiger partial charge in [-0.3, -0.25) is 5.32 Å². The van der Waals surface area contributed by atoms with Gasteiger partial charge in [-0.05, 0) is 11.5 Å². The number of amides is 2. The molecule has 2 amide bonds. The molecule has 0 saturated carbocycles. The number of nitrogens with one attached hydrogen (secondary N) is 2. The first-order chi connectivity index (χ1) is 8.30. The number of aromatic nitrogens is 2. The number of hydrogen-bond acceptors (Lipinski definition) is 4. The van der Waals surface area contributed by atoms with Gasteiger partial charge in [0.1, 0.15) is 6.04 Å². The van der Waals surface area contributed by atoms with E-state index in [1.165, 1.54) is 12.4 Å². The molecule has 0 aromatic carbocycles. The number of nitrogens with zero attached hydrogens (tertiary/aromatic N) is 2. The molecule has 1 aromatic rings. The molecule has 3 N–H and O–H groups in total. The second-order valence-electron chi connectivity index (χ2n) is 4.81. The Balaban J connectivity index is 2.66. The van der Waals surface area contributed by atoms with Crippen LogP contribution in [-0.2, 0) is 4.79 Å². The summed E-state index contributed by atoms with van der Waals surface area (Å²) in [6.07, 6.45) is 2.95. The molecular weight excluding hydrogens is 236 g/mol. The number of anilines is 1. The Bertz CT molecular complexity index is 428. The SMILES string of the molecule is CC(C)(C)C(NC(=O)Nc1ncccn1)C(=O)O. The molecule has 18 heavy (non-hydrogen) atoms. The number of carbonyl (C=O) groups excluding carboxylic acids is 1. The van der Waals surface area contributed by atoms with E-state index in [4.69, 9.17) is 5.11 Å². The predicted molar refractivity (Wildman–Crippen MR) is 65.1 cm³/mol. The summed E-state index contributed by atoms with van der Waals surface area (Å²) in [5.41, 5.74) is -0.597. The van der Waals surface area contributed by atoms with Crippen LogP contribution < -0.4 is 10.6 Å². The Labute approximate surface area is 105 Å². The van der Waals surface area contributed by atoms with Crippen molar-refractivity contribution >= 4 is 17.9 Å². The van der Waals surface area contributed by atoms with E-state index in [9.17, 15) is 9.59 Å². The Kier molecular flexibility index (Phi) is 4.19. The number of aliphatic carboxylic acids is 1. The number of carboxylic acids is 1. The van der Waals surface area contributed by atoms with E-state index in [-0.39, 0.29) is 5.95 Å². The van der Waals surface area contributed by atoms with Crippen LogP contribution in [0.25, 0.3) is 0 Å². The lowest BCUT2D eigenvalue weighted by atomic mass is 9.87. The maximum absolute atomic E-state index is 11.6. The van der Waals surface area contributed by atoms with E-state index in [2.05, 4.69) is 20.6 Å². The quantitative estimate of drug-likeness (QED) is 0.747. The molecule has 1 heterocycles. The third-order valence-electron chi connectivity index (χ3n) is 2.18. The molecule has 0 aliphatic carbocycles. The van der Waals surface area contributed by atoms with Gasteiger partial charge < -0.3 is 10.4 Å². The van der Waals surface area contributed by atoms with E-state index >= 15 is 0 Å². The maximum atomic E-state index is 11.6. The molecule has 7 nitrogen and oxygen atoms in total. The number of rotatable bonds is 3. The molecule has 1 rings (SSSR count). The molecule has 0 fully saturated rings. The van der Waals surface area contributed by atoms with Crippen LogP contribution in [0.15, 0.2) is 18.5 Å². The summed E-state index contributed by atoms with van der Waals surface area (Å²) < 4.78 is 0. The third kappa shape index (κ3) is 4.00. The number of urea groups is 1. The van der Waals surface area contributed by atoms with E-state index in [0.29, 0.717) is 0 Å². The van der Waals surface area contributed by atoms with Crippen LogP contribution in [0.1, 0.15) is 20.8 Å². The standard InChI is InChI=1S/C11H16N4O3/c1-11(2,3)7(8(16)17)14-10(18)15-9-12-5-4-6-13-9/h4-7H,1-3H3,(H,16,17)(H2,12,13,14,15,18). The summed E-state index contributed by atoms with van der Waals surface area (Å²) in [5.74, 6) is -0.973. The zero-order chi connectivity index (χ0) is 13.8. The van der Waals surface area contributed by atoms with Crippen LogP contribution in [0.2, 0.25) is 0 Å². The van der Waals surface area contributed by atoms with Gasteiger partial charge in [-0.2, -0.15) is 0 Å². The van der Waals surface area contributed by atoms with Gasteiger partial charge in [0.25, 0.3) is 0 Å². The van der Waals surface area contributed by atoms with Crippen LogP contribution in [0.4, 0.5) is 10.7 Å². The van der Waals surface area contributed by atoms with Crippen LogP contribution in [0, 0.1) is 5.41 Å². The van der Waals surface area contributed by atoms with Gasteiger partial charge >= 0.3 is 12.0 Å². The largest absolute Gasteiger partial charge is 0.480 e. The molecule has 98 valence electrons. The van der Waals surface area contributed by atoms with Crippen molar-refractivity contribution in [3.8, 4) is 0 Å². The fourth-order valence-corrected chi connectivity index (χ4v) is 1.28. The first-order valence-electron chi connectivity index (χ1n) is 5.38. The van der Waals surface area contributed by atoms with Gasteiger partial charge in [0, 0.05) is 12.4 Å². The van der Waals surface area contributed by atoms with E-state index in [1.54, 1.807) is 26.8 Å². The van der Waals surface area contributed by atoms with E-state index < -0.39 is 23.5 Å². The first kappa shape index (κ1) is 13.9. The zero-order valence-corrected chi connectivity index (χ0v) is 10.5. The van der Waals surface area contributed by atoms with Gasteiger partial charge in [-0.1, -0.05) is 20.8 Å². The summed E-state index contributed by atoms with van der Waals surface area (Å²) in [5, 5.41) is 13.8.